The third kappa shape index (κ3) is 5.08. The summed E-state index contributed by atoms with van der Waals surface area (Å²) in [6.07, 6.45) is 0.0163. The molecular weight excluding hydrogens is 356 g/mol. The summed E-state index contributed by atoms with van der Waals surface area (Å²) >= 11 is 3.78. The predicted octanol–water partition coefficient (Wildman–Crippen LogP) is 3.05. The van der Waals surface area contributed by atoms with Crippen LogP contribution in [0.2, 0.25) is 0 Å². The van der Waals surface area contributed by atoms with Gasteiger partial charge in [0.15, 0.2) is 0 Å². The SMILES string of the molecule is CC[C@@H](C)C(=O)OC[C@@H]1C[C@@H](OC(=O)c2ccccc2C(=O)S)[C@H](C)O1. The third-order valence-corrected chi connectivity index (χ3v) is 4.73. The van der Waals surface area contributed by atoms with Crippen molar-refractivity contribution in [3.05, 3.63) is 35.4 Å². The molecule has 1 aliphatic heterocycles. The fourth-order valence-corrected chi connectivity index (χ4v) is 2.88. The Kier molecular flexibility index (Phi) is 7.23. The Bertz CT molecular complexity index is 674. The van der Waals surface area contributed by atoms with Crippen LogP contribution in [-0.4, -0.2) is 42.0 Å². The highest BCUT2D eigenvalue weighted by molar-refractivity contribution is 7.97. The van der Waals surface area contributed by atoms with Crippen molar-refractivity contribution in [1.82, 2.24) is 0 Å². The summed E-state index contributed by atoms with van der Waals surface area (Å²) in [6.45, 7) is 5.66. The molecule has 7 heteroatoms. The average molecular weight is 380 g/mol. The second-order valence-electron chi connectivity index (χ2n) is 6.43. The van der Waals surface area contributed by atoms with Crippen molar-refractivity contribution in [1.29, 1.82) is 0 Å². The topological polar surface area (TPSA) is 78.9 Å². The summed E-state index contributed by atoms with van der Waals surface area (Å²) < 4.78 is 16.5. The summed E-state index contributed by atoms with van der Waals surface area (Å²) in [6, 6.07) is 6.36. The number of benzene rings is 1. The molecular formula is C19H24O6S. The number of rotatable bonds is 7. The van der Waals surface area contributed by atoms with Gasteiger partial charge < -0.3 is 14.2 Å². The zero-order valence-electron chi connectivity index (χ0n) is 15.1. The molecule has 1 fully saturated rings. The van der Waals surface area contributed by atoms with Gasteiger partial charge in [0, 0.05) is 12.0 Å². The smallest absolute Gasteiger partial charge is 0.339 e. The highest BCUT2D eigenvalue weighted by atomic mass is 32.1. The molecule has 0 spiro atoms. The first-order valence-corrected chi connectivity index (χ1v) is 9.13. The van der Waals surface area contributed by atoms with Crippen molar-refractivity contribution >= 4 is 29.7 Å². The van der Waals surface area contributed by atoms with Crippen LogP contribution in [-0.2, 0) is 19.0 Å². The maximum Gasteiger partial charge on any atom is 0.339 e. The Morgan fingerprint density at radius 3 is 2.54 bits per heavy atom. The van der Waals surface area contributed by atoms with Crippen LogP contribution in [0.25, 0.3) is 0 Å². The fourth-order valence-electron chi connectivity index (χ4n) is 2.68. The summed E-state index contributed by atoms with van der Waals surface area (Å²) in [7, 11) is 0. The van der Waals surface area contributed by atoms with Crippen molar-refractivity contribution in [2.75, 3.05) is 6.61 Å². The number of ether oxygens (including phenoxy) is 3. The summed E-state index contributed by atoms with van der Waals surface area (Å²) in [5.74, 6) is -1.01. The van der Waals surface area contributed by atoms with Crippen molar-refractivity contribution in [3.63, 3.8) is 0 Å². The van der Waals surface area contributed by atoms with Gasteiger partial charge in [-0.15, -0.1) is 12.6 Å². The molecule has 0 aliphatic carbocycles. The van der Waals surface area contributed by atoms with Gasteiger partial charge in [0.05, 0.1) is 23.7 Å². The van der Waals surface area contributed by atoms with Crippen LogP contribution in [0.4, 0.5) is 0 Å². The first-order valence-electron chi connectivity index (χ1n) is 8.68. The van der Waals surface area contributed by atoms with E-state index in [0.29, 0.717) is 12.8 Å². The van der Waals surface area contributed by atoms with E-state index in [4.69, 9.17) is 14.2 Å². The Hall–Kier alpha value is -1.86. The first kappa shape index (κ1) is 20.5. The molecule has 0 radical (unpaired) electrons. The lowest BCUT2D eigenvalue weighted by atomic mass is 10.1. The van der Waals surface area contributed by atoms with Crippen LogP contribution in [0, 0.1) is 5.92 Å². The lowest BCUT2D eigenvalue weighted by Gasteiger charge is -2.15. The van der Waals surface area contributed by atoms with Gasteiger partial charge in [-0.1, -0.05) is 26.0 Å². The monoisotopic (exact) mass is 380 g/mol. The molecule has 0 N–H and O–H groups in total. The number of hydrogen-bond acceptors (Lipinski definition) is 6. The molecule has 0 amide bonds. The van der Waals surface area contributed by atoms with Gasteiger partial charge in [0.2, 0.25) is 5.12 Å². The molecule has 1 aromatic carbocycles. The summed E-state index contributed by atoms with van der Waals surface area (Å²) in [5.41, 5.74) is 0.373. The number of thiol groups is 1. The number of carbonyl (C=O) groups excluding carboxylic acids is 3. The molecule has 142 valence electrons. The molecule has 0 unspecified atom stereocenters. The second-order valence-corrected chi connectivity index (χ2v) is 6.84. The van der Waals surface area contributed by atoms with E-state index in [1.54, 1.807) is 19.1 Å². The van der Waals surface area contributed by atoms with Crippen LogP contribution in [0.1, 0.15) is 54.3 Å². The van der Waals surface area contributed by atoms with Crippen LogP contribution in [0.5, 0.6) is 0 Å². The predicted molar refractivity (Wildman–Crippen MR) is 98.3 cm³/mol. The Morgan fingerprint density at radius 1 is 1.27 bits per heavy atom. The van der Waals surface area contributed by atoms with E-state index in [2.05, 4.69) is 12.6 Å². The minimum Gasteiger partial charge on any atom is -0.463 e. The second kappa shape index (κ2) is 9.19. The Balaban J connectivity index is 1.93. The normalized spacial score (nSPS) is 23.3. The quantitative estimate of drug-likeness (QED) is 0.579. The largest absolute Gasteiger partial charge is 0.463 e. The number of hydrogen-bond donors (Lipinski definition) is 1. The molecule has 1 saturated heterocycles. The van der Waals surface area contributed by atoms with Gasteiger partial charge in [-0.25, -0.2) is 4.79 Å². The van der Waals surface area contributed by atoms with Crippen molar-refractivity contribution < 1.29 is 28.6 Å². The van der Waals surface area contributed by atoms with E-state index in [1.807, 2.05) is 13.8 Å². The maximum absolute atomic E-state index is 12.4. The van der Waals surface area contributed by atoms with Gasteiger partial charge in [0.25, 0.3) is 0 Å². The molecule has 1 heterocycles. The van der Waals surface area contributed by atoms with Crippen molar-refractivity contribution in [2.24, 2.45) is 5.92 Å². The minimum absolute atomic E-state index is 0.132. The van der Waals surface area contributed by atoms with Crippen LogP contribution in [0.3, 0.4) is 0 Å². The van der Waals surface area contributed by atoms with E-state index < -0.39 is 17.2 Å². The van der Waals surface area contributed by atoms with Crippen LogP contribution in [0.15, 0.2) is 24.3 Å². The lowest BCUT2D eigenvalue weighted by Crippen LogP contribution is -2.25. The molecule has 4 atom stereocenters. The van der Waals surface area contributed by atoms with Crippen molar-refractivity contribution in [3.8, 4) is 0 Å². The zero-order chi connectivity index (χ0) is 19.3. The van der Waals surface area contributed by atoms with Crippen LogP contribution >= 0.6 is 12.6 Å². The third-order valence-electron chi connectivity index (χ3n) is 4.49. The van der Waals surface area contributed by atoms with Crippen molar-refractivity contribution in [2.45, 2.75) is 51.9 Å². The lowest BCUT2D eigenvalue weighted by molar-refractivity contribution is -0.151. The molecule has 2 rings (SSSR count). The maximum atomic E-state index is 12.4. The van der Waals surface area contributed by atoms with Crippen LogP contribution < -0.4 is 0 Å². The average Bonchev–Trinajstić information content (AvgIpc) is 2.98. The number of esters is 2. The fraction of sp³-hybridized carbons (Fsp3) is 0.526. The van der Waals surface area contributed by atoms with E-state index in [9.17, 15) is 14.4 Å². The number of carbonyl (C=O) groups is 3. The molecule has 1 aromatic rings. The van der Waals surface area contributed by atoms with E-state index in [0.717, 1.165) is 0 Å². The van der Waals surface area contributed by atoms with E-state index in [1.165, 1.54) is 12.1 Å². The van der Waals surface area contributed by atoms with Gasteiger partial charge in [-0.3, -0.25) is 9.59 Å². The van der Waals surface area contributed by atoms with E-state index in [-0.39, 0.29) is 41.8 Å². The molecule has 26 heavy (non-hydrogen) atoms. The molecule has 6 nitrogen and oxygen atoms in total. The van der Waals surface area contributed by atoms with E-state index >= 15 is 0 Å². The summed E-state index contributed by atoms with van der Waals surface area (Å²) in [4.78, 5) is 35.7. The minimum atomic E-state index is -0.597. The zero-order valence-corrected chi connectivity index (χ0v) is 16.0. The standard InChI is InChI=1S/C19H24O6S/c1-4-11(2)17(20)23-10-13-9-16(12(3)24-13)25-18(21)14-7-5-6-8-15(14)19(22)26/h5-8,11-13,16H,4,9-10H2,1-3H3,(H,22,26)/t11-,12+,13+,16-/m1/s1. The Labute approximate surface area is 158 Å². The highest BCUT2D eigenvalue weighted by Crippen LogP contribution is 2.25. The molecule has 0 saturated carbocycles. The molecule has 1 aliphatic rings. The molecule has 0 aromatic heterocycles. The Morgan fingerprint density at radius 2 is 1.92 bits per heavy atom. The van der Waals surface area contributed by atoms with Gasteiger partial charge >= 0.3 is 11.9 Å². The van der Waals surface area contributed by atoms with Gasteiger partial charge in [-0.2, -0.15) is 0 Å². The van der Waals surface area contributed by atoms with Gasteiger partial charge in [-0.05, 0) is 25.5 Å². The first-order chi connectivity index (χ1) is 12.3. The highest BCUT2D eigenvalue weighted by Gasteiger charge is 2.36. The van der Waals surface area contributed by atoms with Gasteiger partial charge in [0.1, 0.15) is 12.7 Å². The molecule has 0 bridgehead atoms. The summed E-state index contributed by atoms with van der Waals surface area (Å²) in [5, 5.41) is -0.497.